The number of carbonyl (C=O) groups excluding carboxylic acids is 3. The Morgan fingerprint density at radius 3 is 2.74 bits per heavy atom. The Hall–Kier alpha value is -2.94. The number of piperidine rings is 2. The number of aliphatic carboxylic acids is 1. The summed E-state index contributed by atoms with van der Waals surface area (Å²) in [5, 5.41) is 11.6. The monoisotopic (exact) mass is 483 g/mol. The second kappa shape index (κ2) is 9.97. The van der Waals surface area contributed by atoms with E-state index in [1.54, 1.807) is 11.0 Å². The van der Waals surface area contributed by atoms with Crippen LogP contribution >= 0.6 is 0 Å². The lowest BCUT2D eigenvalue weighted by atomic mass is 9.98. The minimum Gasteiger partial charge on any atom is -0.492 e. The summed E-state index contributed by atoms with van der Waals surface area (Å²) in [6, 6.07) is 5.14. The molecule has 1 saturated carbocycles. The van der Waals surface area contributed by atoms with Crippen molar-refractivity contribution in [3.05, 3.63) is 29.3 Å². The van der Waals surface area contributed by atoms with Gasteiger partial charge < -0.3 is 14.7 Å². The van der Waals surface area contributed by atoms with Crippen molar-refractivity contribution in [2.24, 2.45) is 11.8 Å². The molecule has 188 valence electrons. The molecule has 0 radical (unpaired) electrons. The third-order valence-electron chi connectivity index (χ3n) is 8.07. The summed E-state index contributed by atoms with van der Waals surface area (Å²) in [5.74, 6) is -0.618. The van der Waals surface area contributed by atoms with Gasteiger partial charge in [0.25, 0.3) is 5.91 Å². The molecule has 9 nitrogen and oxygen atoms in total. The predicted molar refractivity (Wildman–Crippen MR) is 126 cm³/mol. The standard InChI is InChI=1S/C26H33N3O6/c30-23-9-8-22(24(31)27-23)29-14-18-12-20(6-7-21(18)25(29)32)35-15-19-3-1-2-10-28(19)13-16-4-5-17(11-16)26(33)34/h6-7,12,16-17,19,22H,1-5,8-11,13-15H2,(H,33,34)(H,27,30,31)/t16?,17?,19-,22?/m1/s1. The van der Waals surface area contributed by atoms with Gasteiger partial charge in [-0.25, -0.2) is 0 Å². The van der Waals surface area contributed by atoms with Crippen LogP contribution in [-0.4, -0.2) is 70.4 Å². The highest BCUT2D eigenvalue weighted by Gasteiger charge is 2.39. The zero-order valence-electron chi connectivity index (χ0n) is 19.9. The lowest BCUT2D eigenvalue weighted by Gasteiger charge is -2.37. The number of nitrogens with zero attached hydrogens (tertiary/aromatic N) is 2. The van der Waals surface area contributed by atoms with Crippen LogP contribution in [0.2, 0.25) is 0 Å². The average molecular weight is 484 g/mol. The fourth-order valence-corrected chi connectivity index (χ4v) is 6.12. The van der Waals surface area contributed by atoms with Gasteiger partial charge in [-0.3, -0.25) is 29.4 Å². The van der Waals surface area contributed by atoms with E-state index >= 15 is 0 Å². The number of rotatable bonds is 7. The lowest BCUT2D eigenvalue weighted by Crippen LogP contribution is -2.52. The van der Waals surface area contributed by atoms with Crippen LogP contribution in [0.5, 0.6) is 5.75 Å². The van der Waals surface area contributed by atoms with E-state index in [0.717, 1.165) is 57.2 Å². The Bertz CT molecular complexity index is 1030. The maximum Gasteiger partial charge on any atom is 0.306 e. The van der Waals surface area contributed by atoms with Crippen LogP contribution in [0.25, 0.3) is 0 Å². The molecule has 3 fully saturated rings. The molecule has 3 aliphatic heterocycles. The third kappa shape index (κ3) is 5.05. The van der Waals surface area contributed by atoms with Gasteiger partial charge in [-0.1, -0.05) is 6.42 Å². The van der Waals surface area contributed by atoms with Crippen LogP contribution in [0.15, 0.2) is 18.2 Å². The maximum atomic E-state index is 12.9. The Balaban J connectivity index is 1.19. The fraction of sp³-hybridized carbons (Fsp3) is 0.615. The molecule has 2 saturated heterocycles. The molecule has 4 atom stereocenters. The summed E-state index contributed by atoms with van der Waals surface area (Å²) in [4.78, 5) is 51.9. The summed E-state index contributed by atoms with van der Waals surface area (Å²) >= 11 is 0. The van der Waals surface area contributed by atoms with E-state index in [2.05, 4.69) is 10.2 Å². The molecule has 1 aromatic carbocycles. The largest absolute Gasteiger partial charge is 0.492 e. The Kier molecular flexibility index (Phi) is 6.77. The smallest absolute Gasteiger partial charge is 0.306 e. The molecule has 35 heavy (non-hydrogen) atoms. The molecular weight excluding hydrogens is 450 g/mol. The first-order valence-electron chi connectivity index (χ1n) is 12.8. The van der Waals surface area contributed by atoms with Crippen molar-refractivity contribution >= 4 is 23.7 Å². The molecule has 1 aliphatic carbocycles. The summed E-state index contributed by atoms with van der Waals surface area (Å²) in [7, 11) is 0. The van der Waals surface area contributed by atoms with E-state index in [1.807, 2.05) is 12.1 Å². The zero-order valence-corrected chi connectivity index (χ0v) is 19.9. The van der Waals surface area contributed by atoms with Gasteiger partial charge in [0.05, 0.1) is 5.92 Å². The number of nitrogens with one attached hydrogen (secondary N) is 1. The number of ether oxygens (including phenoxy) is 1. The van der Waals surface area contributed by atoms with Crippen LogP contribution in [0.1, 0.15) is 67.3 Å². The average Bonchev–Trinajstić information content (AvgIpc) is 3.43. The molecule has 5 rings (SSSR count). The van der Waals surface area contributed by atoms with Crippen molar-refractivity contribution in [2.75, 3.05) is 19.7 Å². The topological polar surface area (TPSA) is 116 Å². The van der Waals surface area contributed by atoms with E-state index in [-0.39, 0.29) is 24.2 Å². The number of fused-ring (bicyclic) bond motifs is 1. The zero-order chi connectivity index (χ0) is 24.5. The van der Waals surface area contributed by atoms with Crippen LogP contribution in [0, 0.1) is 11.8 Å². The van der Waals surface area contributed by atoms with Gasteiger partial charge >= 0.3 is 5.97 Å². The highest BCUT2D eigenvalue weighted by Crippen LogP contribution is 2.34. The number of carboxylic acids is 1. The molecule has 2 N–H and O–H groups in total. The van der Waals surface area contributed by atoms with Crippen molar-refractivity contribution in [3.63, 3.8) is 0 Å². The fourth-order valence-electron chi connectivity index (χ4n) is 6.12. The summed E-state index contributed by atoms with van der Waals surface area (Å²) in [6.45, 7) is 2.83. The number of benzene rings is 1. The van der Waals surface area contributed by atoms with E-state index in [4.69, 9.17) is 4.74 Å². The molecule has 1 aromatic rings. The van der Waals surface area contributed by atoms with Gasteiger partial charge in [0.2, 0.25) is 11.8 Å². The van der Waals surface area contributed by atoms with Crippen LogP contribution in [0.4, 0.5) is 0 Å². The summed E-state index contributed by atoms with van der Waals surface area (Å²) < 4.78 is 6.19. The van der Waals surface area contributed by atoms with Gasteiger partial charge in [-0.2, -0.15) is 0 Å². The van der Waals surface area contributed by atoms with E-state index in [1.165, 1.54) is 0 Å². The van der Waals surface area contributed by atoms with E-state index in [0.29, 0.717) is 42.8 Å². The second-order valence-electron chi connectivity index (χ2n) is 10.4. The lowest BCUT2D eigenvalue weighted by molar-refractivity contribution is -0.141. The molecule has 0 spiro atoms. The molecule has 9 heteroatoms. The summed E-state index contributed by atoms with van der Waals surface area (Å²) in [5.41, 5.74) is 1.42. The molecule has 0 aromatic heterocycles. The van der Waals surface area contributed by atoms with Gasteiger partial charge in [-0.15, -0.1) is 0 Å². The van der Waals surface area contributed by atoms with Crippen LogP contribution in [-0.2, 0) is 20.9 Å². The van der Waals surface area contributed by atoms with Crippen LogP contribution < -0.4 is 10.1 Å². The highest BCUT2D eigenvalue weighted by atomic mass is 16.5. The van der Waals surface area contributed by atoms with Crippen molar-refractivity contribution in [1.82, 2.24) is 15.1 Å². The number of carboxylic acid groups (broad SMARTS) is 1. The van der Waals surface area contributed by atoms with Crippen molar-refractivity contribution < 1.29 is 29.0 Å². The first-order valence-corrected chi connectivity index (χ1v) is 12.8. The first kappa shape index (κ1) is 23.8. The molecule has 3 heterocycles. The van der Waals surface area contributed by atoms with E-state index < -0.39 is 17.9 Å². The normalized spacial score (nSPS) is 29.3. The van der Waals surface area contributed by atoms with Gasteiger partial charge in [-0.05, 0) is 74.8 Å². The van der Waals surface area contributed by atoms with Gasteiger partial charge in [0.15, 0.2) is 0 Å². The Morgan fingerprint density at radius 1 is 1.11 bits per heavy atom. The number of hydrogen-bond donors (Lipinski definition) is 2. The number of carbonyl (C=O) groups is 4. The highest BCUT2D eigenvalue weighted by molar-refractivity contribution is 6.05. The first-order chi connectivity index (χ1) is 16.9. The molecule has 3 amide bonds. The Labute approximate surface area is 204 Å². The van der Waals surface area contributed by atoms with Crippen LogP contribution in [0.3, 0.4) is 0 Å². The maximum absolute atomic E-state index is 12.9. The number of hydrogen-bond acceptors (Lipinski definition) is 6. The molecular formula is C26H33N3O6. The predicted octanol–water partition coefficient (Wildman–Crippen LogP) is 2.18. The molecule has 3 unspecified atom stereocenters. The summed E-state index contributed by atoms with van der Waals surface area (Å²) in [6.07, 6.45) is 6.47. The molecule has 0 bridgehead atoms. The molecule has 4 aliphatic rings. The number of imide groups is 1. The van der Waals surface area contributed by atoms with Crippen molar-refractivity contribution in [3.8, 4) is 5.75 Å². The van der Waals surface area contributed by atoms with Gasteiger partial charge in [0.1, 0.15) is 18.4 Å². The minimum absolute atomic E-state index is 0.185. The van der Waals surface area contributed by atoms with Gasteiger partial charge in [0, 0.05) is 31.1 Å². The Morgan fingerprint density at radius 2 is 1.97 bits per heavy atom. The third-order valence-corrected chi connectivity index (χ3v) is 8.07. The number of likely N-dealkylation sites (tertiary alicyclic amines) is 1. The second-order valence-corrected chi connectivity index (χ2v) is 10.4. The SMILES string of the molecule is O=C1CCC(N2Cc3cc(OC[C@H]4CCCCN4CC4CCC(C(=O)O)C4)ccc3C2=O)C(=O)N1. The van der Waals surface area contributed by atoms with E-state index in [9.17, 15) is 24.3 Å². The quantitative estimate of drug-likeness (QED) is 0.571. The minimum atomic E-state index is -0.669. The number of amides is 3. The van der Waals surface area contributed by atoms with Crippen molar-refractivity contribution in [2.45, 2.75) is 70.0 Å². The van der Waals surface area contributed by atoms with Crippen molar-refractivity contribution in [1.29, 1.82) is 0 Å².